The first-order valence-corrected chi connectivity index (χ1v) is 8.57. The van der Waals surface area contributed by atoms with Gasteiger partial charge in [-0.3, -0.25) is 4.79 Å². The number of benzene rings is 2. The van der Waals surface area contributed by atoms with E-state index in [-0.39, 0.29) is 6.61 Å². The van der Waals surface area contributed by atoms with E-state index in [1.54, 1.807) is 24.3 Å². The van der Waals surface area contributed by atoms with E-state index in [9.17, 15) is 9.59 Å². The normalized spacial score (nSPS) is 9.96. The Bertz CT molecular complexity index is 810. The Hall–Kier alpha value is -2.78. The van der Waals surface area contributed by atoms with Crippen LogP contribution in [0.15, 0.2) is 47.4 Å². The van der Waals surface area contributed by atoms with Crippen molar-refractivity contribution in [3.8, 4) is 5.40 Å². The smallest absolute Gasteiger partial charge is 0.338 e. The monoisotopic (exact) mass is 354 g/mol. The number of carbonyl (C=O) groups is 2. The standard InChI is InChI=1S/C19H18N2O3S/c1-3-14-4-6-15(7-5-14)19(23)24-11-18(22)21-17-9-8-16(25-12-20)10-13(17)2/h4-10H,3,11H2,1-2H3,(H,21,22). The fourth-order valence-corrected chi connectivity index (χ4v) is 2.65. The number of aryl methyl sites for hydroxylation is 2. The van der Waals surface area contributed by atoms with E-state index < -0.39 is 11.9 Å². The molecular weight excluding hydrogens is 336 g/mol. The summed E-state index contributed by atoms with van der Waals surface area (Å²) in [7, 11) is 0. The van der Waals surface area contributed by atoms with Gasteiger partial charge in [0.25, 0.3) is 5.91 Å². The number of carbonyl (C=O) groups excluding carboxylic acids is 2. The molecule has 25 heavy (non-hydrogen) atoms. The lowest BCUT2D eigenvalue weighted by molar-refractivity contribution is -0.119. The highest BCUT2D eigenvalue weighted by molar-refractivity contribution is 8.03. The number of hydrogen-bond donors (Lipinski definition) is 1. The average Bonchev–Trinajstić information content (AvgIpc) is 2.62. The quantitative estimate of drug-likeness (QED) is 0.483. The molecule has 0 fully saturated rings. The van der Waals surface area contributed by atoms with Crippen molar-refractivity contribution in [2.45, 2.75) is 25.2 Å². The number of ether oxygens (including phenoxy) is 1. The van der Waals surface area contributed by atoms with E-state index in [2.05, 4.69) is 5.32 Å². The molecule has 2 aromatic rings. The number of nitriles is 1. The molecule has 0 aliphatic rings. The van der Waals surface area contributed by atoms with Crippen LogP contribution >= 0.6 is 11.8 Å². The highest BCUT2D eigenvalue weighted by Crippen LogP contribution is 2.23. The van der Waals surface area contributed by atoms with Gasteiger partial charge in [-0.05, 0) is 66.6 Å². The first-order chi connectivity index (χ1) is 12.0. The number of nitrogens with zero attached hydrogens (tertiary/aromatic N) is 1. The molecule has 0 saturated heterocycles. The van der Waals surface area contributed by atoms with Crippen LogP contribution in [0.3, 0.4) is 0 Å². The third kappa shape index (κ3) is 5.37. The second-order valence-electron chi connectivity index (χ2n) is 5.34. The number of nitrogens with one attached hydrogen (secondary N) is 1. The van der Waals surface area contributed by atoms with Crippen molar-refractivity contribution in [2.24, 2.45) is 0 Å². The summed E-state index contributed by atoms with van der Waals surface area (Å²) in [5.74, 6) is -0.947. The molecule has 2 rings (SSSR count). The molecule has 6 heteroatoms. The van der Waals surface area contributed by atoms with Crippen LogP contribution in [-0.2, 0) is 16.0 Å². The van der Waals surface area contributed by atoms with Gasteiger partial charge < -0.3 is 10.1 Å². The topological polar surface area (TPSA) is 79.2 Å². The molecule has 0 heterocycles. The van der Waals surface area contributed by atoms with Crippen molar-refractivity contribution in [1.82, 2.24) is 0 Å². The summed E-state index contributed by atoms with van der Waals surface area (Å²) in [5.41, 5.74) is 2.99. The molecule has 128 valence electrons. The number of esters is 1. The van der Waals surface area contributed by atoms with Gasteiger partial charge in [0.05, 0.1) is 5.56 Å². The lowest BCUT2D eigenvalue weighted by Gasteiger charge is -2.10. The largest absolute Gasteiger partial charge is 0.452 e. The van der Waals surface area contributed by atoms with E-state index in [1.165, 1.54) is 0 Å². The first kappa shape index (κ1) is 18.6. The molecule has 0 saturated carbocycles. The van der Waals surface area contributed by atoms with Crippen LogP contribution in [0.2, 0.25) is 0 Å². The number of rotatable bonds is 6. The predicted molar refractivity (Wildman–Crippen MR) is 97.4 cm³/mol. The highest BCUT2D eigenvalue weighted by Gasteiger charge is 2.11. The van der Waals surface area contributed by atoms with Gasteiger partial charge in [0, 0.05) is 10.6 Å². The summed E-state index contributed by atoms with van der Waals surface area (Å²) in [6, 6.07) is 12.4. The summed E-state index contributed by atoms with van der Waals surface area (Å²) >= 11 is 1.05. The van der Waals surface area contributed by atoms with Crippen LogP contribution in [-0.4, -0.2) is 18.5 Å². The van der Waals surface area contributed by atoms with Gasteiger partial charge in [0.15, 0.2) is 6.61 Å². The van der Waals surface area contributed by atoms with Gasteiger partial charge in [-0.15, -0.1) is 0 Å². The number of thiocyanates is 1. The maximum atomic E-state index is 12.0. The molecule has 5 nitrogen and oxygen atoms in total. The highest BCUT2D eigenvalue weighted by atomic mass is 32.2. The van der Waals surface area contributed by atoms with Gasteiger partial charge in [-0.25, -0.2) is 4.79 Å². The molecule has 1 amide bonds. The molecule has 0 aliphatic heterocycles. The van der Waals surface area contributed by atoms with Crippen LogP contribution in [0, 0.1) is 17.6 Å². The Kier molecular flexibility index (Phi) is 6.61. The van der Waals surface area contributed by atoms with E-state index >= 15 is 0 Å². The number of thioether (sulfide) groups is 1. The third-order valence-corrected chi connectivity index (χ3v) is 4.15. The van der Waals surface area contributed by atoms with E-state index in [0.717, 1.165) is 34.2 Å². The molecule has 0 radical (unpaired) electrons. The molecule has 0 unspecified atom stereocenters. The van der Waals surface area contributed by atoms with Crippen LogP contribution in [0.1, 0.15) is 28.4 Å². The average molecular weight is 354 g/mol. The molecule has 0 spiro atoms. The van der Waals surface area contributed by atoms with Crippen LogP contribution < -0.4 is 5.32 Å². The van der Waals surface area contributed by atoms with Crippen molar-refractivity contribution in [2.75, 3.05) is 11.9 Å². The lowest BCUT2D eigenvalue weighted by atomic mass is 10.1. The van der Waals surface area contributed by atoms with Crippen molar-refractivity contribution in [3.63, 3.8) is 0 Å². The Morgan fingerprint density at radius 3 is 2.52 bits per heavy atom. The van der Waals surface area contributed by atoms with Crippen LogP contribution in [0.25, 0.3) is 0 Å². The van der Waals surface area contributed by atoms with Gasteiger partial charge in [-0.1, -0.05) is 19.1 Å². The Morgan fingerprint density at radius 1 is 1.20 bits per heavy atom. The zero-order chi connectivity index (χ0) is 18.2. The summed E-state index contributed by atoms with van der Waals surface area (Å²) < 4.78 is 5.04. The Morgan fingerprint density at radius 2 is 1.92 bits per heavy atom. The molecule has 0 atom stereocenters. The number of hydrogen-bond acceptors (Lipinski definition) is 5. The maximum absolute atomic E-state index is 12.0. The van der Waals surface area contributed by atoms with Crippen LogP contribution in [0.4, 0.5) is 5.69 Å². The molecule has 0 aromatic heterocycles. The maximum Gasteiger partial charge on any atom is 0.338 e. The fraction of sp³-hybridized carbons (Fsp3) is 0.211. The molecule has 2 aromatic carbocycles. The number of anilines is 1. The SMILES string of the molecule is CCc1ccc(C(=O)OCC(=O)Nc2ccc(SC#N)cc2C)cc1. The van der Waals surface area contributed by atoms with Crippen molar-refractivity contribution >= 4 is 29.3 Å². The summed E-state index contributed by atoms with van der Waals surface area (Å²) in [4.78, 5) is 24.7. The summed E-state index contributed by atoms with van der Waals surface area (Å²) in [6.07, 6.45) is 0.892. The minimum absolute atomic E-state index is 0.359. The zero-order valence-electron chi connectivity index (χ0n) is 14.0. The van der Waals surface area contributed by atoms with Gasteiger partial charge >= 0.3 is 5.97 Å². The van der Waals surface area contributed by atoms with E-state index in [0.29, 0.717) is 11.3 Å². The summed E-state index contributed by atoms with van der Waals surface area (Å²) in [6.45, 7) is 3.51. The zero-order valence-corrected chi connectivity index (χ0v) is 14.9. The van der Waals surface area contributed by atoms with Crippen LogP contribution in [0.5, 0.6) is 0 Å². The Balaban J connectivity index is 1.89. The van der Waals surface area contributed by atoms with Crippen molar-refractivity contribution in [1.29, 1.82) is 5.26 Å². The summed E-state index contributed by atoms with van der Waals surface area (Å²) in [5, 5.41) is 13.4. The molecule has 0 aliphatic carbocycles. The molecule has 1 N–H and O–H groups in total. The minimum Gasteiger partial charge on any atom is -0.452 e. The first-order valence-electron chi connectivity index (χ1n) is 7.76. The van der Waals surface area contributed by atoms with Gasteiger partial charge in [-0.2, -0.15) is 5.26 Å². The third-order valence-electron chi connectivity index (χ3n) is 3.57. The minimum atomic E-state index is -0.532. The fourth-order valence-electron chi connectivity index (χ4n) is 2.17. The predicted octanol–water partition coefficient (Wildman–Crippen LogP) is 3.93. The number of amides is 1. The Labute approximate surface area is 151 Å². The molecule has 0 bridgehead atoms. The molecular formula is C19H18N2O3S. The van der Waals surface area contributed by atoms with Crippen molar-refractivity contribution in [3.05, 3.63) is 59.2 Å². The van der Waals surface area contributed by atoms with Gasteiger partial charge in [0.2, 0.25) is 0 Å². The van der Waals surface area contributed by atoms with E-state index in [1.807, 2.05) is 37.4 Å². The second-order valence-corrected chi connectivity index (χ2v) is 6.20. The lowest BCUT2D eigenvalue weighted by Crippen LogP contribution is -2.21. The van der Waals surface area contributed by atoms with E-state index in [4.69, 9.17) is 10.00 Å². The second kappa shape index (κ2) is 8.90. The van der Waals surface area contributed by atoms with Gasteiger partial charge in [0.1, 0.15) is 5.40 Å². The van der Waals surface area contributed by atoms with Crippen molar-refractivity contribution < 1.29 is 14.3 Å².